The Kier molecular flexibility index (Phi) is 5.33. The predicted molar refractivity (Wildman–Crippen MR) is 62.9 cm³/mol. The van der Waals surface area contributed by atoms with E-state index in [-0.39, 0.29) is 6.10 Å². The molecule has 1 unspecified atom stereocenters. The van der Waals surface area contributed by atoms with Crippen LogP contribution in [0.1, 0.15) is 44.4 Å². The van der Waals surface area contributed by atoms with Gasteiger partial charge in [-0.25, -0.2) is 0 Å². The van der Waals surface area contributed by atoms with Gasteiger partial charge in [-0.2, -0.15) is 0 Å². The molecule has 1 rings (SSSR count). The van der Waals surface area contributed by atoms with E-state index in [9.17, 15) is 5.11 Å². The fraction of sp³-hybridized carbons (Fsp3) is 0.615. The van der Waals surface area contributed by atoms with E-state index in [4.69, 9.17) is 0 Å². The van der Waals surface area contributed by atoms with Gasteiger partial charge >= 0.3 is 0 Å². The molecule has 0 aliphatic carbocycles. The number of hydrogen-bond donors (Lipinski definition) is 1. The Balaban J connectivity index is 2.42. The van der Waals surface area contributed by atoms with Crippen LogP contribution >= 0.6 is 0 Å². The van der Waals surface area contributed by atoms with Crippen molar-refractivity contribution in [3.05, 3.63) is 29.6 Å². The van der Waals surface area contributed by atoms with Gasteiger partial charge in [0.1, 0.15) is 0 Å². The predicted octanol–water partition coefficient (Wildman–Crippen LogP) is 2.74. The Morgan fingerprint density at radius 2 is 2.13 bits per heavy atom. The highest BCUT2D eigenvalue weighted by molar-refractivity contribution is 5.14. The minimum absolute atomic E-state index is 0.232. The highest BCUT2D eigenvalue weighted by Crippen LogP contribution is 2.08. The van der Waals surface area contributed by atoms with Crippen molar-refractivity contribution >= 4 is 0 Å². The molecule has 0 aromatic carbocycles. The normalized spacial score (nSPS) is 12.7. The Hall–Kier alpha value is -0.890. The molecule has 0 spiro atoms. The van der Waals surface area contributed by atoms with Crippen molar-refractivity contribution in [3.8, 4) is 0 Å². The van der Waals surface area contributed by atoms with Gasteiger partial charge in [0.05, 0.1) is 6.10 Å². The number of rotatable bonds is 6. The van der Waals surface area contributed by atoms with Gasteiger partial charge in [-0.3, -0.25) is 4.98 Å². The molecule has 15 heavy (non-hydrogen) atoms. The summed E-state index contributed by atoms with van der Waals surface area (Å²) in [6.45, 7) is 4.26. The second-order valence-corrected chi connectivity index (χ2v) is 4.01. The zero-order valence-corrected chi connectivity index (χ0v) is 9.74. The fourth-order valence-electron chi connectivity index (χ4n) is 1.57. The molecule has 1 aromatic rings. The lowest BCUT2D eigenvalue weighted by Crippen LogP contribution is -2.11. The number of aromatic nitrogens is 1. The Morgan fingerprint density at radius 3 is 2.67 bits per heavy atom. The SMILES string of the molecule is CCCCC(O)Cc1ccc(CC)cn1. The first-order valence-corrected chi connectivity index (χ1v) is 5.88. The first-order chi connectivity index (χ1) is 7.26. The number of aliphatic hydroxyl groups is 1. The maximum absolute atomic E-state index is 9.72. The number of unbranched alkanes of at least 4 members (excludes halogenated alkanes) is 1. The Bertz CT molecular complexity index is 268. The van der Waals surface area contributed by atoms with E-state index in [1.54, 1.807) is 0 Å². The third kappa shape index (κ3) is 4.43. The van der Waals surface area contributed by atoms with E-state index in [1.165, 1.54) is 5.56 Å². The standard InChI is InChI=1S/C13H21NO/c1-3-5-6-13(15)9-12-8-7-11(4-2)10-14-12/h7-8,10,13,15H,3-6,9H2,1-2H3. The molecule has 0 aliphatic heterocycles. The summed E-state index contributed by atoms with van der Waals surface area (Å²) in [6.07, 6.45) is 6.49. The molecule has 0 bridgehead atoms. The summed E-state index contributed by atoms with van der Waals surface area (Å²) in [4.78, 5) is 4.34. The third-order valence-electron chi connectivity index (χ3n) is 2.63. The van der Waals surface area contributed by atoms with Crippen LogP contribution in [-0.2, 0) is 12.8 Å². The lowest BCUT2D eigenvalue weighted by Gasteiger charge is -2.09. The van der Waals surface area contributed by atoms with Gasteiger partial charge in [-0.05, 0) is 24.5 Å². The van der Waals surface area contributed by atoms with Crippen LogP contribution in [0.2, 0.25) is 0 Å². The van der Waals surface area contributed by atoms with E-state index in [0.29, 0.717) is 6.42 Å². The summed E-state index contributed by atoms with van der Waals surface area (Å²) in [5.74, 6) is 0. The second kappa shape index (κ2) is 6.57. The van der Waals surface area contributed by atoms with E-state index in [0.717, 1.165) is 31.4 Å². The van der Waals surface area contributed by atoms with Crippen molar-refractivity contribution < 1.29 is 5.11 Å². The molecule has 0 saturated heterocycles. The van der Waals surface area contributed by atoms with Crippen LogP contribution in [0.5, 0.6) is 0 Å². The minimum atomic E-state index is -0.232. The van der Waals surface area contributed by atoms with Gasteiger partial charge in [0, 0.05) is 18.3 Å². The molecule has 84 valence electrons. The molecule has 2 heteroatoms. The average molecular weight is 207 g/mol. The lowest BCUT2D eigenvalue weighted by atomic mass is 10.1. The zero-order chi connectivity index (χ0) is 11.1. The van der Waals surface area contributed by atoms with Crippen molar-refractivity contribution in [3.63, 3.8) is 0 Å². The molecule has 0 saturated carbocycles. The number of hydrogen-bond acceptors (Lipinski definition) is 2. The number of aliphatic hydroxyl groups excluding tert-OH is 1. The van der Waals surface area contributed by atoms with E-state index in [1.807, 2.05) is 12.3 Å². The van der Waals surface area contributed by atoms with Crippen LogP contribution in [0, 0.1) is 0 Å². The molecule has 1 aromatic heterocycles. The highest BCUT2D eigenvalue weighted by Gasteiger charge is 2.05. The third-order valence-corrected chi connectivity index (χ3v) is 2.63. The molecule has 2 nitrogen and oxygen atoms in total. The Morgan fingerprint density at radius 1 is 1.33 bits per heavy atom. The minimum Gasteiger partial charge on any atom is -0.393 e. The van der Waals surface area contributed by atoms with Gasteiger partial charge < -0.3 is 5.11 Å². The molecular weight excluding hydrogens is 186 g/mol. The van der Waals surface area contributed by atoms with Crippen LogP contribution in [-0.4, -0.2) is 16.2 Å². The molecular formula is C13H21NO. The summed E-state index contributed by atoms with van der Waals surface area (Å²) in [6, 6.07) is 4.11. The van der Waals surface area contributed by atoms with Gasteiger partial charge in [-0.15, -0.1) is 0 Å². The largest absolute Gasteiger partial charge is 0.393 e. The molecule has 0 radical (unpaired) electrons. The molecule has 0 aliphatic rings. The molecule has 1 heterocycles. The summed E-state index contributed by atoms with van der Waals surface area (Å²) < 4.78 is 0. The van der Waals surface area contributed by atoms with E-state index >= 15 is 0 Å². The maximum Gasteiger partial charge on any atom is 0.0595 e. The smallest absolute Gasteiger partial charge is 0.0595 e. The van der Waals surface area contributed by atoms with Crippen molar-refractivity contribution in [1.82, 2.24) is 4.98 Å². The molecule has 0 fully saturated rings. The summed E-state index contributed by atoms with van der Waals surface area (Å²) in [7, 11) is 0. The van der Waals surface area contributed by atoms with Crippen LogP contribution in [0.15, 0.2) is 18.3 Å². The quantitative estimate of drug-likeness (QED) is 0.778. The number of aryl methyl sites for hydroxylation is 1. The fourth-order valence-corrected chi connectivity index (χ4v) is 1.57. The van der Waals surface area contributed by atoms with Crippen LogP contribution in [0.4, 0.5) is 0 Å². The van der Waals surface area contributed by atoms with Crippen molar-refractivity contribution in [2.75, 3.05) is 0 Å². The summed E-state index contributed by atoms with van der Waals surface area (Å²) in [5, 5.41) is 9.72. The van der Waals surface area contributed by atoms with E-state index in [2.05, 4.69) is 24.9 Å². The maximum atomic E-state index is 9.72. The number of pyridine rings is 1. The monoisotopic (exact) mass is 207 g/mol. The molecule has 1 N–H and O–H groups in total. The first kappa shape index (κ1) is 12.2. The number of nitrogens with zero attached hydrogens (tertiary/aromatic N) is 1. The lowest BCUT2D eigenvalue weighted by molar-refractivity contribution is 0.160. The zero-order valence-electron chi connectivity index (χ0n) is 9.74. The van der Waals surface area contributed by atoms with Crippen LogP contribution in [0.25, 0.3) is 0 Å². The van der Waals surface area contributed by atoms with E-state index < -0.39 is 0 Å². The van der Waals surface area contributed by atoms with Crippen molar-refractivity contribution in [2.45, 2.75) is 52.1 Å². The topological polar surface area (TPSA) is 33.1 Å². The summed E-state index contributed by atoms with van der Waals surface area (Å²) in [5.41, 5.74) is 2.25. The first-order valence-electron chi connectivity index (χ1n) is 5.88. The molecule has 1 atom stereocenters. The highest BCUT2D eigenvalue weighted by atomic mass is 16.3. The van der Waals surface area contributed by atoms with Crippen LogP contribution in [0.3, 0.4) is 0 Å². The summed E-state index contributed by atoms with van der Waals surface area (Å²) >= 11 is 0. The second-order valence-electron chi connectivity index (χ2n) is 4.01. The van der Waals surface area contributed by atoms with Crippen LogP contribution < -0.4 is 0 Å². The van der Waals surface area contributed by atoms with Crippen molar-refractivity contribution in [1.29, 1.82) is 0 Å². The average Bonchev–Trinajstić information content (AvgIpc) is 2.27. The van der Waals surface area contributed by atoms with Crippen molar-refractivity contribution in [2.24, 2.45) is 0 Å². The van der Waals surface area contributed by atoms with Gasteiger partial charge in [0.25, 0.3) is 0 Å². The van der Waals surface area contributed by atoms with Gasteiger partial charge in [0.15, 0.2) is 0 Å². The van der Waals surface area contributed by atoms with Gasteiger partial charge in [-0.1, -0.05) is 32.8 Å². The van der Waals surface area contributed by atoms with Gasteiger partial charge in [0.2, 0.25) is 0 Å². The Labute approximate surface area is 92.4 Å². The molecule has 0 amide bonds.